The molecule has 0 aliphatic carbocycles. The fourth-order valence-electron chi connectivity index (χ4n) is 1.86. The summed E-state index contributed by atoms with van der Waals surface area (Å²) < 4.78 is 0.974. The highest BCUT2D eigenvalue weighted by atomic mass is 79.9. The van der Waals surface area contributed by atoms with E-state index in [1.165, 1.54) is 0 Å². The van der Waals surface area contributed by atoms with Crippen LogP contribution in [0.1, 0.15) is 25.3 Å². The molecule has 0 aliphatic heterocycles. The van der Waals surface area contributed by atoms with Crippen LogP contribution in [0, 0.1) is 0 Å². The number of amides is 1. The van der Waals surface area contributed by atoms with Gasteiger partial charge >= 0.3 is 0 Å². The Kier molecular flexibility index (Phi) is 5.56. The third-order valence-corrected chi connectivity index (χ3v) is 3.54. The first-order chi connectivity index (χ1) is 8.54. The molecule has 1 rings (SSSR count). The highest BCUT2D eigenvalue weighted by Crippen LogP contribution is 2.31. The van der Waals surface area contributed by atoms with Crippen molar-refractivity contribution in [1.29, 1.82) is 0 Å². The Hall–Kier alpha value is -1.13. The maximum absolute atomic E-state index is 12.3. The van der Waals surface area contributed by atoms with Crippen LogP contribution in [0.2, 0.25) is 0 Å². The smallest absolute Gasteiger partial charge is 0.244 e. The number of allylic oxidation sites excluding steroid dienone is 1. The lowest BCUT2D eigenvalue weighted by Gasteiger charge is -2.28. The minimum absolute atomic E-state index is 0.0371. The van der Waals surface area contributed by atoms with E-state index in [1.54, 1.807) is 7.05 Å². The van der Waals surface area contributed by atoms with Gasteiger partial charge in [-0.05, 0) is 37.5 Å². The fraction of sp³-hybridized carbons (Fsp3) is 0.357. The third kappa shape index (κ3) is 3.43. The van der Waals surface area contributed by atoms with E-state index >= 15 is 0 Å². The van der Waals surface area contributed by atoms with Gasteiger partial charge in [0.1, 0.15) is 0 Å². The zero-order valence-electron chi connectivity index (χ0n) is 10.8. The first kappa shape index (κ1) is 14.9. The van der Waals surface area contributed by atoms with Crippen molar-refractivity contribution in [2.24, 2.45) is 0 Å². The van der Waals surface area contributed by atoms with Gasteiger partial charge in [0.25, 0.3) is 0 Å². The van der Waals surface area contributed by atoms with E-state index < -0.39 is 5.41 Å². The Bertz CT molecular complexity index is 434. The molecule has 1 unspecified atom stereocenters. The number of carbonyl (C=O) groups is 1. The lowest BCUT2D eigenvalue weighted by molar-refractivity contribution is -0.127. The Morgan fingerprint density at radius 1 is 1.56 bits per heavy atom. The maximum Gasteiger partial charge on any atom is 0.244 e. The van der Waals surface area contributed by atoms with Crippen LogP contribution in [-0.4, -0.2) is 13.0 Å². The fourth-order valence-corrected chi connectivity index (χ4v) is 2.26. The average Bonchev–Trinajstić information content (AvgIpc) is 2.36. The molecule has 0 bridgehead atoms. The molecule has 1 aromatic rings. The quantitative estimate of drug-likeness (QED) is 0.626. The van der Waals surface area contributed by atoms with Gasteiger partial charge in [0.2, 0.25) is 5.91 Å². The summed E-state index contributed by atoms with van der Waals surface area (Å²) in [7, 11) is 1.69. The standard InChI is InChI=1S/C14H19BrN2O/c1-4-5-9-14(2,13(18)17-16-3)11-7-6-8-12(15)10-11/h4,6-8,10,16H,1,5,9H2,2-3H3,(H,17,18). The van der Waals surface area contributed by atoms with Crippen LogP contribution in [0.15, 0.2) is 41.4 Å². The summed E-state index contributed by atoms with van der Waals surface area (Å²) in [6.45, 7) is 5.67. The topological polar surface area (TPSA) is 41.1 Å². The van der Waals surface area contributed by atoms with Crippen LogP contribution in [0.3, 0.4) is 0 Å². The molecule has 2 N–H and O–H groups in total. The molecule has 0 heterocycles. The molecular weight excluding hydrogens is 292 g/mol. The van der Waals surface area contributed by atoms with Crippen molar-refractivity contribution >= 4 is 21.8 Å². The molecule has 98 valence electrons. The second-order valence-corrected chi connectivity index (χ2v) is 5.29. The van der Waals surface area contributed by atoms with E-state index in [9.17, 15) is 4.79 Å². The lowest BCUT2D eigenvalue weighted by Crippen LogP contribution is -2.47. The zero-order chi connectivity index (χ0) is 13.6. The van der Waals surface area contributed by atoms with Crippen LogP contribution in [0.4, 0.5) is 0 Å². The number of carbonyl (C=O) groups excluding carboxylic acids is 1. The summed E-state index contributed by atoms with van der Waals surface area (Å²) in [6.07, 6.45) is 3.35. The minimum Gasteiger partial charge on any atom is -0.291 e. The molecule has 4 heteroatoms. The Labute approximate surface area is 117 Å². The van der Waals surface area contributed by atoms with Gasteiger partial charge in [-0.1, -0.05) is 34.1 Å². The lowest BCUT2D eigenvalue weighted by atomic mass is 9.78. The number of halogens is 1. The zero-order valence-corrected chi connectivity index (χ0v) is 12.4. The molecule has 0 fully saturated rings. The van der Waals surface area contributed by atoms with E-state index in [1.807, 2.05) is 37.3 Å². The second kappa shape index (κ2) is 6.71. The molecule has 0 aliphatic rings. The van der Waals surface area contributed by atoms with E-state index in [-0.39, 0.29) is 5.91 Å². The van der Waals surface area contributed by atoms with Crippen LogP contribution >= 0.6 is 15.9 Å². The van der Waals surface area contributed by atoms with Crippen LogP contribution in [0.5, 0.6) is 0 Å². The van der Waals surface area contributed by atoms with Crippen molar-refractivity contribution in [3.8, 4) is 0 Å². The molecule has 18 heavy (non-hydrogen) atoms. The summed E-state index contributed by atoms with van der Waals surface area (Å²) in [6, 6.07) is 7.85. The van der Waals surface area contributed by atoms with Crippen LogP contribution < -0.4 is 10.9 Å². The Balaban J connectivity index is 3.10. The molecular formula is C14H19BrN2O. The van der Waals surface area contributed by atoms with E-state index in [0.717, 1.165) is 22.9 Å². The predicted octanol–water partition coefficient (Wildman–Crippen LogP) is 2.92. The molecule has 1 aromatic carbocycles. The number of nitrogens with one attached hydrogen (secondary N) is 2. The number of benzene rings is 1. The summed E-state index contributed by atoms with van der Waals surface area (Å²) in [5.41, 5.74) is 5.79. The number of hydrogen-bond donors (Lipinski definition) is 2. The normalized spacial score (nSPS) is 13.7. The number of rotatable bonds is 6. The van der Waals surface area contributed by atoms with Crippen molar-refractivity contribution in [3.63, 3.8) is 0 Å². The molecule has 1 amide bonds. The SMILES string of the molecule is C=CCCC(C)(C(=O)NNC)c1cccc(Br)c1. The van der Waals surface area contributed by atoms with Gasteiger partial charge < -0.3 is 0 Å². The Morgan fingerprint density at radius 3 is 2.83 bits per heavy atom. The van der Waals surface area contributed by atoms with Crippen molar-refractivity contribution in [3.05, 3.63) is 47.0 Å². The van der Waals surface area contributed by atoms with E-state index in [4.69, 9.17) is 0 Å². The predicted molar refractivity (Wildman–Crippen MR) is 78.1 cm³/mol. The van der Waals surface area contributed by atoms with Crippen molar-refractivity contribution < 1.29 is 4.79 Å². The molecule has 0 spiro atoms. The third-order valence-electron chi connectivity index (χ3n) is 3.05. The maximum atomic E-state index is 12.3. The molecule has 0 saturated heterocycles. The second-order valence-electron chi connectivity index (χ2n) is 4.37. The summed E-state index contributed by atoms with van der Waals surface area (Å²) in [5.74, 6) is -0.0371. The summed E-state index contributed by atoms with van der Waals surface area (Å²) >= 11 is 3.44. The van der Waals surface area contributed by atoms with Crippen LogP contribution in [0.25, 0.3) is 0 Å². The average molecular weight is 311 g/mol. The van der Waals surface area contributed by atoms with Crippen molar-refractivity contribution in [2.75, 3.05) is 7.05 Å². The summed E-state index contributed by atoms with van der Waals surface area (Å²) in [5, 5.41) is 0. The highest BCUT2D eigenvalue weighted by molar-refractivity contribution is 9.10. The highest BCUT2D eigenvalue weighted by Gasteiger charge is 2.34. The molecule has 0 radical (unpaired) electrons. The van der Waals surface area contributed by atoms with Gasteiger partial charge in [0.05, 0.1) is 5.41 Å². The van der Waals surface area contributed by atoms with Gasteiger partial charge in [-0.2, -0.15) is 0 Å². The number of hydrogen-bond acceptors (Lipinski definition) is 2. The summed E-state index contributed by atoms with van der Waals surface area (Å²) in [4.78, 5) is 12.3. The van der Waals surface area contributed by atoms with Crippen LogP contribution in [-0.2, 0) is 10.2 Å². The molecule has 3 nitrogen and oxygen atoms in total. The van der Waals surface area contributed by atoms with E-state index in [2.05, 4.69) is 33.4 Å². The largest absolute Gasteiger partial charge is 0.291 e. The van der Waals surface area contributed by atoms with Crippen molar-refractivity contribution in [1.82, 2.24) is 10.9 Å². The first-order valence-corrected chi connectivity index (χ1v) is 6.68. The Morgan fingerprint density at radius 2 is 2.28 bits per heavy atom. The van der Waals surface area contributed by atoms with Crippen molar-refractivity contribution in [2.45, 2.75) is 25.2 Å². The minimum atomic E-state index is -0.568. The van der Waals surface area contributed by atoms with Gasteiger partial charge in [-0.25, -0.2) is 5.43 Å². The number of hydrazine groups is 1. The molecule has 1 atom stereocenters. The molecule has 0 saturated carbocycles. The first-order valence-electron chi connectivity index (χ1n) is 5.88. The van der Waals surface area contributed by atoms with Gasteiger partial charge in [0.15, 0.2) is 0 Å². The molecule has 0 aromatic heterocycles. The van der Waals surface area contributed by atoms with Gasteiger partial charge in [0, 0.05) is 11.5 Å². The van der Waals surface area contributed by atoms with E-state index in [0.29, 0.717) is 0 Å². The monoisotopic (exact) mass is 310 g/mol. The van der Waals surface area contributed by atoms with Gasteiger partial charge in [-0.15, -0.1) is 6.58 Å². The van der Waals surface area contributed by atoms with Gasteiger partial charge in [-0.3, -0.25) is 10.2 Å².